The third-order valence-electron chi connectivity index (χ3n) is 3.24. The average molecular weight is 285 g/mol. The number of rotatable bonds is 5. The Morgan fingerprint density at radius 3 is 2.65 bits per heavy atom. The zero-order valence-electron chi connectivity index (χ0n) is 12.2. The van der Waals surface area contributed by atoms with E-state index in [9.17, 15) is 9.59 Å². The lowest BCUT2D eigenvalue weighted by molar-refractivity contribution is -0.142. The van der Waals surface area contributed by atoms with Crippen LogP contribution >= 0.6 is 0 Å². The van der Waals surface area contributed by atoms with Crippen molar-refractivity contribution in [3.8, 4) is 0 Å². The van der Waals surface area contributed by atoms with Gasteiger partial charge in [0.2, 0.25) is 0 Å². The summed E-state index contributed by atoms with van der Waals surface area (Å²) in [6.07, 6.45) is 1.36. The highest BCUT2D eigenvalue weighted by molar-refractivity contribution is 5.80. The van der Waals surface area contributed by atoms with Crippen LogP contribution in [0, 0.1) is 11.3 Å². The molecule has 0 aromatic heterocycles. The minimum Gasteiger partial charge on any atom is -0.480 e. The molecular formula is C14H23NO5. The highest BCUT2D eigenvalue weighted by Gasteiger charge is 2.35. The Bertz CT molecular complexity index is 374. The number of hydrogen-bond donors (Lipinski definition) is 2. The van der Waals surface area contributed by atoms with Crippen molar-refractivity contribution in [1.29, 1.82) is 0 Å². The van der Waals surface area contributed by atoms with Gasteiger partial charge in [-0.15, -0.1) is 6.58 Å². The Balaban J connectivity index is 2.58. The Labute approximate surface area is 119 Å². The summed E-state index contributed by atoms with van der Waals surface area (Å²) in [7, 11) is 0. The molecule has 1 rings (SSSR count). The van der Waals surface area contributed by atoms with E-state index in [1.807, 2.05) is 0 Å². The van der Waals surface area contributed by atoms with Gasteiger partial charge >= 0.3 is 12.1 Å². The fourth-order valence-electron chi connectivity index (χ4n) is 2.08. The van der Waals surface area contributed by atoms with Crippen molar-refractivity contribution in [2.24, 2.45) is 11.3 Å². The molecule has 0 saturated carbocycles. The van der Waals surface area contributed by atoms with Gasteiger partial charge < -0.3 is 19.9 Å². The number of carboxylic acid groups (broad SMARTS) is 1. The van der Waals surface area contributed by atoms with Crippen LogP contribution in [-0.4, -0.2) is 42.5 Å². The molecule has 1 heterocycles. The van der Waals surface area contributed by atoms with E-state index in [2.05, 4.69) is 11.9 Å². The maximum atomic E-state index is 11.8. The molecule has 1 amide bonds. The van der Waals surface area contributed by atoms with E-state index in [4.69, 9.17) is 14.6 Å². The second kappa shape index (κ2) is 6.74. The summed E-state index contributed by atoms with van der Waals surface area (Å²) in [4.78, 5) is 23.0. The van der Waals surface area contributed by atoms with Gasteiger partial charge in [-0.2, -0.15) is 0 Å². The van der Waals surface area contributed by atoms with E-state index in [1.165, 1.54) is 0 Å². The Hall–Kier alpha value is -1.56. The van der Waals surface area contributed by atoms with Gasteiger partial charge in [0, 0.05) is 5.92 Å². The molecule has 0 spiro atoms. The molecule has 0 aliphatic carbocycles. The van der Waals surface area contributed by atoms with Crippen LogP contribution in [0.1, 0.15) is 27.2 Å². The fraction of sp³-hybridized carbons (Fsp3) is 0.714. The molecule has 0 aromatic rings. The monoisotopic (exact) mass is 285 g/mol. The average Bonchev–Trinajstić information content (AvgIpc) is 2.72. The van der Waals surface area contributed by atoms with Gasteiger partial charge in [-0.25, -0.2) is 9.59 Å². The van der Waals surface area contributed by atoms with E-state index < -0.39 is 23.5 Å². The van der Waals surface area contributed by atoms with Crippen molar-refractivity contribution in [3.63, 3.8) is 0 Å². The van der Waals surface area contributed by atoms with Crippen LogP contribution < -0.4 is 5.32 Å². The Morgan fingerprint density at radius 1 is 1.50 bits per heavy atom. The topological polar surface area (TPSA) is 84.9 Å². The summed E-state index contributed by atoms with van der Waals surface area (Å²) in [5, 5.41) is 11.6. The number of carboxylic acids is 1. The molecule has 1 saturated heterocycles. The number of hydrogen-bond acceptors (Lipinski definition) is 4. The molecule has 2 N–H and O–H groups in total. The SMILES string of the molecule is C=CC[C@@H]1COC[C@H]1OC(=O)N[C@H](C(=O)O)C(C)(C)C. The lowest BCUT2D eigenvalue weighted by Crippen LogP contribution is -2.50. The van der Waals surface area contributed by atoms with Crippen molar-refractivity contribution >= 4 is 12.1 Å². The fourth-order valence-corrected chi connectivity index (χ4v) is 2.08. The highest BCUT2D eigenvalue weighted by Crippen LogP contribution is 2.22. The van der Waals surface area contributed by atoms with Crippen molar-refractivity contribution in [1.82, 2.24) is 5.32 Å². The molecular weight excluding hydrogens is 262 g/mol. The number of allylic oxidation sites excluding steroid dienone is 1. The second-order valence-corrected chi connectivity index (χ2v) is 6.05. The molecule has 0 unspecified atom stereocenters. The number of nitrogens with one attached hydrogen (secondary N) is 1. The van der Waals surface area contributed by atoms with Gasteiger partial charge in [-0.3, -0.25) is 0 Å². The van der Waals surface area contributed by atoms with Crippen LogP contribution in [0.2, 0.25) is 0 Å². The summed E-state index contributed by atoms with van der Waals surface area (Å²) in [6.45, 7) is 9.73. The minimum absolute atomic E-state index is 0.0798. The van der Waals surface area contributed by atoms with Crippen molar-refractivity contribution < 1.29 is 24.2 Å². The predicted molar refractivity (Wildman–Crippen MR) is 73.4 cm³/mol. The molecule has 20 heavy (non-hydrogen) atoms. The van der Waals surface area contributed by atoms with E-state index in [1.54, 1.807) is 26.8 Å². The van der Waals surface area contributed by atoms with Gasteiger partial charge in [0.05, 0.1) is 13.2 Å². The predicted octanol–water partition coefficient (Wildman–Crippen LogP) is 1.80. The van der Waals surface area contributed by atoms with Crippen LogP contribution in [0.25, 0.3) is 0 Å². The standard InChI is InChI=1S/C14H23NO5/c1-5-6-9-7-19-8-10(9)20-13(18)15-11(12(16)17)14(2,3)4/h5,9-11H,1,6-8H2,2-4H3,(H,15,18)(H,16,17)/t9-,10-,11-/m1/s1. The number of ether oxygens (including phenoxy) is 2. The first-order chi connectivity index (χ1) is 9.25. The summed E-state index contributed by atoms with van der Waals surface area (Å²) in [5.41, 5.74) is -0.600. The number of alkyl carbamates (subject to hydrolysis) is 1. The van der Waals surface area contributed by atoms with Crippen LogP contribution in [-0.2, 0) is 14.3 Å². The van der Waals surface area contributed by atoms with Gasteiger partial charge in [0.1, 0.15) is 12.1 Å². The first-order valence-corrected chi connectivity index (χ1v) is 6.64. The molecule has 3 atom stereocenters. The zero-order chi connectivity index (χ0) is 15.3. The summed E-state index contributed by atoms with van der Waals surface area (Å²) in [5.74, 6) is -1.00. The van der Waals surface area contributed by atoms with Gasteiger partial charge in [0.15, 0.2) is 0 Å². The van der Waals surface area contributed by atoms with Crippen molar-refractivity contribution in [2.45, 2.75) is 39.3 Å². The van der Waals surface area contributed by atoms with Crippen LogP contribution in [0.5, 0.6) is 0 Å². The summed E-state index contributed by atoms with van der Waals surface area (Å²) >= 11 is 0. The molecule has 1 aliphatic rings. The highest BCUT2D eigenvalue weighted by atomic mass is 16.6. The molecule has 0 bridgehead atoms. The van der Waals surface area contributed by atoms with E-state index in [0.29, 0.717) is 19.6 Å². The smallest absolute Gasteiger partial charge is 0.408 e. The van der Waals surface area contributed by atoms with Crippen molar-refractivity contribution in [2.75, 3.05) is 13.2 Å². The maximum Gasteiger partial charge on any atom is 0.408 e. The summed E-state index contributed by atoms with van der Waals surface area (Å²) in [6, 6.07) is -1.00. The third kappa shape index (κ3) is 4.52. The lowest BCUT2D eigenvalue weighted by atomic mass is 9.87. The third-order valence-corrected chi connectivity index (χ3v) is 3.24. The zero-order valence-corrected chi connectivity index (χ0v) is 12.2. The largest absolute Gasteiger partial charge is 0.480 e. The molecule has 6 heteroatoms. The van der Waals surface area contributed by atoms with Gasteiger partial charge in [-0.1, -0.05) is 26.8 Å². The molecule has 6 nitrogen and oxygen atoms in total. The number of amides is 1. The minimum atomic E-state index is -1.08. The second-order valence-electron chi connectivity index (χ2n) is 6.05. The number of carbonyl (C=O) groups excluding carboxylic acids is 1. The maximum absolute atomic E-state index is 11.8. The first kappa shape index (κ1) is 16.5. The number of aliphatic carboxylic acids is 1. The molecule has 0 aromatic carbocycles. The van der Waals surface area contributed by atoms with Crippen LogP contribution in [0.15, 0.2) is 12.7 Å². The molecule has 1 fully saturated rings. The van der Waals surface area contributed by atoms with Gasteiger partial charge in [0.25, 0.3) is 0 Å². The van der Waals surface area contributed by atoms with Crippen LogP contribution in [0.3, 0.4) is 0 Å². The van der Waals surface area contributed by atoms with Crippen LogP contribution in [0.4, 0.5) is 4.79 Å². The van der Waals surface area contributed by atoms with E-state index >= 15 is 0 Å². The number of carbonyl (C=O) groups is 2. The van der Waals surface area contributed by atoms with Crippen molar-refractivity contribution in [3.05, 3.63) is 12.7 Å². The Kier molecular flexibility index (Phi) is 5.56. The normalized spacial score (nSPS) is 23.9. The molecule has 114 valence electrons. The van der Waals surface area contributed by atoms with E-state index in [-0.39, 0.29) is 12.0 Å². The summed E-state index contributed by atoms with van der Waals surface area (Å²) < 4.78 is 10.5. The lowest BCUT2D eigenvalue weighted by Gasteiger charge is -2.28. The Morgan fingerprint density at radius 2 is 2.15 bits per heavy atom. The first-order valence-electron chi connectivity index (χ1n) is 6.64. The van der Waals surface area contributed by atoms with E-state index in [0.717, 1.165) is 0 Å². The molecule has 1 aliphatic heterocycles. The quantitative estimate of drug-likeness (QED) is 0.752. The molecule has 0 radical (unpaired) electrons. The van der Waals surface area contributed by atoms with Gasteiger partial charge in [-0.05, 0) is 11.8 Å².